The first-order valence-corrected chi connectivity index (χ1v) is 6.66. The van der Waals surface area contributed by atoms with Crippen molar-refractivity contribution in [2.75, 3.05) is 6.61 Å². The van der Waals surface area contributed by atoms with Gasteiger partial charge in [0.25, 0.3) is 0 Å². The number of rotatable bonds is 5. The molecule has 0 aliphatic heterocycles. The second-order valence-corrected chi connectivity index (χ2v) is 5.07. The zero-order valence-corrected chi connectivity index (χ0v) is 12.2. The molecule has 1 saturated carbocycles. The molecule has 1 aromatic heterocycles. The molecule has 1 aliphatic carbocycles. The second kappa shape index (κ2) is 6.41. The van der Waals surface area contributed by atoms with Gasteiger partial charge in [-0.25, -0.2) is 4.39 Å². The highest BCUT2D eigenvalue weighted by molar-refractivity contribution is 5.85. The van der Waals surface area contributed by atoms with Crippen LogP contribution in [0.5, 0.6) is 5.75 Å². The predicted molar refractivity (Wildman–Crippen MR) is 76.9 cm³/mol. The summed E-state index contributed by atoms with van der Waals surface area (Å²) < 4.78 is 23.4. The van der Waals surface area contributed by atoms with Crippen LogP contribution in [0.25, 0.3) is 0 Å². The minimum Gasteiger partial charge on any atom is -0.493 e. The Morgan fingerprint density at radius 1 is 1.29 bits per heavy atom. The van der Waals surface area contributed by atoms with Crippen LogP contribution in [-0.2, 0) is 12.0 Å². The Morgan fingerprint density at radius 3 is 2.62 bits per heavy atom. The smallest absolute Gasteiger partial charge is 0.230 e. The maximum Gasteiger partial charge on any atom is 0.230 e. The summed E-state index contributed by atoms with van der Waals surface area (Å²) in [5.74, 6) is 1.42. The summed E-state index contributed by atoms with van der Waals surface area (Å²) in [5, 5.41) is 3.93. The molecule has 0 atom stereocenters. The fourth-order valence-electron chi connectivity index (χ4n) is 2.13. The number of benzene rings is 1. The van der Waals surface area contributed by atoms with Gasteiger partial charge in [0.1, 0.15) is 11.6 Å². The molecule has 114 valence electrons. The highest BCUT2D eigenvalue weighted by atomic mass is 35.5. The van der Waals surface area contributed by atoms with Crippen LogP contribution in [0.1, 0.15) is 31.0 Å². The molecule has 2 N–H and O–H groups in total. The van der Waals surface area contributed by atoms with E-state index in [0.717, 1.165) is 19.3 Å². The average molecular weight is 314 g/mol. The van der Waals surface area contributed by atoms with Gasteiger partial charge in [0.05, 0.1) is 18.6 Å². The number of hydrogen-bond donors (Lipinski definition) is 1. The maximum atomic E-state index is 12.7. The lowest BCUT2D eigenvalue weighted by Crippen LogP contribution is -2.44. The van der Waals surface area contributed by atoms with Crippen molar-refractivity contribution in [2.45, 2.75) is 31.2 Å². The van der Waals surface area contributed by atoms with E-state index in [9.17, 15) is 4.39 Å². The van der Waals surface area contributed by atoms with Crippen LogP contribution in [0.15, 0.2) is 28.8 Å². The van der Waals surface area contributed by atoms with Crippen LogP contribution in [0.3, 0.4) is 0 Å². The minimum absolute atomic E-state index is 0. The quantitative estimate of drug-likeness (QED) is 0.918. The molecule has 2 aromatic rings. The zero-order chi connectivity index (χ0) is 14.0. The first-order chi connectivity index (χ1) is 9.66. The highest BCUT2D eigenvalue weighted by Gasteiger charge is 2.38. The van der Waals surface area contributed by atoms with Crippen molar-refractivity contribution in [1.29, 1.82) is 0 Å². The summed E-state index contributed by atoms with van der Waals surface area (Å²) in [6, 6.07) is 5.87. The fraction of sp³-hybridized carbons (Fsp3) is 0.429. The molecule has 0 amide bonds. The molecule has 1 aromatic carbocycles. The van der Waals surface area contributed by atoms with Gasteiger partial charge in [-0.1, -0.05) is 5.16 Å². The minimum atomic E-state index is -0.403. The van der Waals surface area contributed by atoms with Crippen molar-refractivity contribution in [3.05, 3.63) is 41.8 Å². The topological polar surface area (TPSA) is 74.2 Å². The van der Waals surface area contributed by atoms with Crippen LogP contribution < -0.4 is 10.5 Å². The molecule has 7 heteroatoms. The van der Waals surface area contributed by atoms with Crippen molar-refractivity contribution in [2.24, 2.45) is 5.73 Å². The summed E-state index contributed by atoms with van der Waals surface area (Å²) in [7, 11) is 0. The van der Waals surface area contributed by atoms with E-state index < -0.39 is 5.54 Å². The summed E-state index contributed by atoms with van der Waals surface area (Å²) >= 11 is 0. The van der Waals surface area contributed by atoms with E-state index in [1.807, 2.05) is 0 Å². The third kappa shape index (κ3) is 3.51. The molecular formula is C14H17ClFN3O2. The number of hydrogen-bond acceptors (Lipinski definition) is 5. The molecule has 1 heterocycles. The van der Waals surface area contributed by atoms with E-state index in [1.54, 1.807) is 12.1 Å². The maximum absolute atomic E-state index is 12.7. The largest absolute Gasteiger partial charge is 0.493 e. The van der Waals surface area contributed by atoms with Crippen molar-refractivity contribution in [1.82, 2.24) is 10.1 Å². The Kier molecular flexibility index (Phi) is 4.80. The molecule has 0 bridgehead atoms. The molecule has 3 rings (SSSR count). The Labute approximate surface area is 128 Å². The van der Waals surface area contributed by atoms with Gasteiger partial charge in [0, 0.05) is 0 Å². The number of ether oxygens (including phenoxy) is 1. The monoisotopic (exact) mass is 313 g/mol. The van der Waals surface area contributed by atoms with E-state index >= 15 is 0 Å². The lowest BCUT2D eigenvalue weighted by molar-refractivity contribution is 0.228. The molecule has 0 radical (unpaired) electrons. The third-order valence-corrected chi connectivity index (χ3v) is 3.56. The van der Waals surface area contributed by atoms with E-state index in [1.165, 1.54) is 12.1 Å². The normalized spacial score (nSPS) is 15.9. The molecule has 0 saturated heterocycles. The lowest BCUT2D eigenvalue weighted by Gasteiger charge is -2.34. The van der Waals surface area contributed by atoms with Crippen LogP contribution >= 0.6 is 12.4 Å². The number of nitrogens with zero attached hydrogens (tertiary/aromatic N) is 2. The van der Waals surface area contributed by atoms with Crippen molar-refractivity contribution in [3.8, 4) is 5.75 Å². The zero-order valence-electron chi connectivity index (χ0n) is 11.4. The summed E-state index contributed by atoms with van der Waals surface area (Å²) in [6.07, 6.45) is 3.41. The highest BCUT2D eigenvalue weighted by Crippen LogP contribution is 2.36. The Bertz CT molecular complexity index is 584. The van der Waals surface area contributed by atoms with Gasteiger partial charge in [-0.05, 0) is 43.5 Å². The molecule has 5 nitrogen and oxygen atoms in total. The average Bonchev–Trinajstić information content (AvgIpc) is 2.87. The fourth-order valence-corrected chi connectivity index (χ4v) is 2.13. The van der Waals surface area contributed by atoms with E-state index in [-0.39, 0.29) is 18.2 Å². The van der Waals surface area contributed by atoms with Gasteiger partial charge in [-0.2, -0.15) is 4.98 Å². The molecule has 0 unspecified atom stereocenters. The van der Waals surface area contributed by atoms with Crippen LogP contribution in [0, 0.1) is 5.82 Å². The van der Waals surface area contributed by atoms with Gasteiger partial charge >= 0.3 is 0 Å². The summed E-state index contributed by atoms with van der Waals surface area (Å²) in [5.41, 5.74) is 5.72. The second-order valence-electron chi connectivity index (χ2n) is 5.07. The van der Waals surface area contributed by atoms with Crippen LogP contribution in [0.4, 0.5) is 4.39 Å². The van der Waals surface area contributed by atoms with E-state index in [4.69, 9.17) is 15.0 Å². The molecule has 1 fully saturated rings. The van der Waals surface area contributed by atoms with Crippen LogP contribution in [0.2, 0.25) is 0 Å². The number of aromatic nitrogens is 2. The number of nitrogens with two attached hydrogens (primary N) is 1. The van der Waals surface area contributed by atoms with Gasteiger partial charge < -0.3 is 15.0 Å². The lowest BCUT2D eigenvalue weighted by atomic mass is 9.77. The SMILES string of the molecule is Cl.NC1(c2noc(CCOc3ccc(F)cc3)n2)CCC1. The van der Waals surface area contributed by atoms with Crippen molar-refractivity contribution in [3.63, 3.8) is 0 Å². The summed E-state index contributed by atoms with van der Waals surface area (Å²) in [6.45, 7) is 0.394. The first-order valence-electron chi connectivity index (χ1n) is 6.66. The number of halogens is 2. The Morgan fingerprint density at radius 2 is 2.00 bits per heavy atom. The van der Waals surface area contributed by atoms with Gasteiger partial charge in [-0.15, -0.1) is 12.4 Å². The van der Waals surface area contributed by atoms with E-state index in [0.29, 0.717) is 30.5 Å². The predicted octanol–water partition coefficient (Wildman–Crippen LogP) is 2.59. The third-order valence-electron chi connectivity index (χ3n) is 3.56. The molecule has 21 heavy (non-hydrogen) atoms. The molecular weight excluding hydrogens is 297 g/mol. The Hall–Kier alpha value is -1.66. The van der Waals surface area contributed by atoms with Crippen molar-refractivity contribution >= 4 is 12.4 Å². The molecule has 0 spiro atoms. The van der Waals surface area contributed by atoms with Gasteiger partial charge in [0.2, 0.25) is 5.89 Å². The Balaban J connectivity index is 0.00000161. The van der Waals surface area contributed by atoms with Crippen molar-refractivity contribution < 1.29 is 13.7 Å². The molecule has 1 aliphatic rings. The summed E-state index contributed by atoms with van der Waals surface area (Å²) in [4.78, 5) is 4.31. The first kappa shape index (κ1) is 15.7. The van der Waals surface area contributed by atoms with E-state index in [2.05, 4.69) is 10.1 Å². The van der Waals surface area contributed by atoms with Gasteiger partial charge in [0.15, 0.2) is 5.82 Å². The standard InChI is InChI=1S/C14H16FN3O2.ClH/c15-10-2-4-11(5-3-10)19-9-6-12-17-13(18-20-12)14(16)7-1-8-14;/h2-5H,1,6-9,16H2;1H. The van der Waals surface area contributed by atoms with Crippen LogP contribution in [-0.4, -0.2) is 16.7 Å². The van der Waals surface area contributed by atoms with Gasteiger partial charge in [-0.3, -0.25) is 0 Å².